The SMILES string of the molecule is COCCN(CCO)C(=O)N1CCCC(C)(C(=O)O)C1. The van der Waals surface area contributed by atoms with Gasteiger partial charge in [-0.25, -0.2) is 4.79 Å². The summed E-state index contributed by atoms with van der Waals surface area (Å²) >= 11 is 0. The number of hydrogen-bond acceptors (Lipinski definition) is 4. The minimum atomic E-state index is -0.889. The summed E-state index contributed by atoms with van der Waals surface area (Å²) in [6, 6.07) is -0.233. The van der Waals surface area contributed by atoms with E-state index in [1.165, 1.54) is 4.90 Å². The lowest BCUT2D eigenvalue weighted by molar-refractivity contribution is -0.150. The van der Waals surface area contributed by atoms with E-state index in [0.29, 0.717) is 32.5 Å². The van der Waals surface area contributed by atoms with Gasteiger partial charge in [0.1, 0.15) is 0 Å². The highest BCUT2D eigenvalue weighted by Crippen LogP contribution is 2.30. The molecule has 2 N–H and O–H groups in total. The number of rotatable bonds is 6. The number of nitrogens with zero attached hydrogens (tertiary/aromatic N) is 2. The second-order valence-corrected chi connectivity index (χ2v) is 5.38. The van der Waals surface area contributed by atoms with Crippen molar-refractivity contribution < 1.29 is 24.5 Å². The van der Waals surface area contributed by atoms with Crippen LogP contribution >= 0.6 is 0 Å². The molecule has 7 heteroatoms. The third kappa shape index (κ3) is 4.08. The molecule has 2 amide bonds. The standard InChI is InChI=1S/C13H24N2O5/c1-13(11(17)18)4-3-5-15(10-13)12(19)14(6-8-16)7-9-20-2/h16H,3-10H2,1-2H3,(H,17,18). The Bertz CT molecular complexity index is 350. The minimum absolute atomic E-state index is 0.126. The molecular formula is C13H24N2O5. The molecule has 1 aliphatic heterocycles. The average molecular weight is 288 g/mol. The van der Waals surface area contributed by atoms with Crippen LogP contribution in [0.3, 0.4) is 0 Å². The fourth-order valence-electron chi connectivity index (χ4n) is 2.40. The molecular weight excluding hydrogens is 264 g/mol. The van der Waals surface area contributed by atoms with Crippen molar-refractivity contribution in [1.29, 1.82) is 0 Å². The van der Waals surface area contributed by atoms with E-state index in [2.05, 4.69) is 0 Å². The number of carboxylic acid groups (broad SMARTS) is 1. The maximum atomic E-state index is 12.4. The van der Waals surface area contributed by atoms with Gasteiger partial charge in [0.2, 0.25) is 0 Å². The Morgan fingerprint density at radius 2 is 2.10 bits per heavy atom. The molecule has 0 radical (unpaired) electrons. The predicted octanol–water partition coefficient (Wildman–Crippen LogP) is 0.234. The summed E-state index contributed by atoms with van der Waals surface area (Å²) in [6.07, 6.45) is 1.25. The van der Waals surface area contributed by atoms with E-state index < -0.39 is 11.4 Å². The first-order chi connectivity index (χ1) is 9.44. The van der Waals surface area contributed by atoms with Crippen LogP contribution in [0.1, 0.15) is 19.8 Å². The van der Waals surface area contributed by atoms with Crippen molar-refractivity contribution in [3.63, 3.8) is 0 Å². The minimum Gasteiger partial charge on any atom is -0.481 e. The van der Waals surface area contributed by atoms with Crippen LogP contribution in [0.4, 0.5) is 4.79 Å². The van der Waals surface area contributed by atoms with Crippen LogP contribution in [0.5, 0.6) is 0 Å². The summed E-state index contributed by atoms with van der Waals surface area (Å²) in [5.74, 6) is -0.874. The molecule has 1 aliphatic rings. The normalized spacial score (nSPS) is 22.6. The maximum absolute atomic E-state index is 12.4. The molecule has 0 aromatic heterocycles. The summed E-state index contributed by atoms with van der Waals surface area (Å²) in [5.41, 5.74) is -0.889. The van der Waals surface area contributed by atoms with Crippen LogP contribution in [-0.4, -0.2) is 78.5 Å². The first kappa shape index (κ1) is 16.7. The van der Waals surface area contributed by atoms with Crippen LogP contribution in [0.25, 0.3) is 0 Å². The zero-order chi connectivity index (χ0) is 15.2. The van der Waals surface area contributed by atoms with Gasteiger partial charge in [-0.15, -0.1) is 0 Å². The largest absolute Gasteiger partial charge is 0.481 e. The number of hydrogen-bond donors (Lipinski definition) is 2. The lowest BCUT2D eigenvalue weighted by Crippen LogP contribution is -2.53. The first-order valence-corrected chi connectivity index (χ1v) is 6.81. The molecule has 1 rings (SSSR count). The fraction of sp³-hybridized carbons (Fsp3) is 0.846. The number of urea groups is 1. The summed E-state index contributed by atoms with van der Waals surface area (Å²) in [7, 11) is 1.55. The zero-order valence-electron chi connectivity index (χ0n) is 12.2. The number of methoxy groups -OCH3 is 1. The molecule has 1 fully saturated rings. The Morgan fingerprint density at radius 1 is 1.40 bits per heavy atom. The van der Waals surface area contributed by atoms with Crippen molar-refractivity contribution in [3.05, 3.63) is 0 Å². The average Bonchev–Trinajstić information content (AvgIpc) is 2.42. The number of aliphatic carboxylic acids is 1. The molecule has 0 aliphatic carbocycles. The maximum Gasteiger partial charge on any atom is 0.320 e. The second kappa shape index (κ2) is 7.44. The molecule has 20 heavy (non-hydrogen) atoms. The number of amides is 2. The van der Waals surface area contributed by atoms with Gasteiger partial charge in [0.05, 0.1) is 18.6 Å². The van der Waals surface area contributed by atoms with Crippen LogP contribution < -0.4 is 0 Å². The van der Waals surface area contributed by atoms with Crippen molar-refractivity contribution in [3.8, 4) is 0 Å². The number of carbonyl (C=O) groups excluding carboxylic acids is 1. The summed E-state index contributed by atoms with van der Waals surface area (Å²) in [6.45, 7) is 3.29. The van der Waals surface area contributed by atoms with Gasteiger partial charge in [-0.3, -0.25) is 4.79 Å². The second-order valence-electron chi connectivity index (χ2n) is 5.38. The predicted molar refractivity (Wildman–Crippen MR) is 72.5 cm³/mol. The van der Waals surface area contributed by atoms with Crippen molar-refractivity contribution >= 4 is 12.0 Å². The van der Waals surface area contributed by atoms with Crippen molar-refractivity contribution in [1.82, 2.24) is 9.80 Å². The van der Waals surface area contributed by atoms with Gasteiger partial charge < -0.3 is 24.7 Å². The van der Waals surface area contributed by atoms with Crippen molar-refractivity contribution in [2.24, 2.45) is 5.41 Å². The van der Waals surface area contributed by atoms with E-state index in [9.17, 15) is 14.7 Å². The smallest absolute Gasteiger partial charge is 0.320 e. The number of piperidine rings is 1. The highest BCUT2D eigenvalue weighted by molar-refractivity contribution is 5.78. The van der Waals surface area contributed by atoms with E-state index in [4.69, 9.17) is 9.84 Å². The molecule has 1 heterocycles. The molecule has 1 saturated heterocycles. The Morgan fingerprint density at radius 3 is 2.65 bits per heavy atom. The molecule has 1 atom stereocenters. The first-order valence-electron chi connectivity index (χ1n) is 6.81. The van der Waals surface area contributed by atoms with Crippen LogP contribution in [0.15, 0.2) is 0 Å². The van der Waals surface area contributed by atoms with Gasteiger partial charge in [-0.1, -0.05) is 0 Å². The van der Waals surface area contributed by atoms with Gasteiger partial charge >= 0.3 is 12.0 Å². The molecule has 0 aromatic carbocycles. The Balaban J connectivity index is 2.70. The van der Waals surface area contributed by atoms with Gasteiger partial charge in [-0.05, 0) is 19.8 Å². The lowest BCUT2D eigenvalue weighted by Gasteiger charge is -2.39. The fourth-order valence-corrected chi connectivity index (χ4v) is 2.40. The van der Waals surface area contributed by atoms with Gasteiger partial charge in [0, 0.05) is 33.3 Å². The van der Waals surface area contributed by atoms with E-state index >= 15 is 0 Å². The summed E-state index contributed by atoms with van der Waals surface area (Å²) in [5, 5.41) is 18.3. The number of aliphatic hydroxyl groups is 1. The zero-order valence-corrected chi connectivity index (χ0v) is 12.2. The number of carboxylic acids is 1. The highest BCUT2D eigenvalue weighted by atomic mass is 16.5. The third-order valence-electron chi connectivity index (χ3n) is 3.69. The molecule has 116 valence electrons. The number of aliphatic hydroxyl groups excluding tert-OH is 1. The summed E-state index contributed by atoms with van der Waals surface area (Å²) in [4.78, 5) is 26.8. The summed E-state index contributed by atoms with van der Waals surface area (Å²) < 4.78 is 4.95. The highest BCUT2D eigenvalue weighted by Gasteiger charge is 2.40. The van der Waals surface area contributed by atoms with E-state index in [1.54, 1.807) is 18.9 Å². The third-order valence-corrected chi connectivity index (χ3v) is 3.69. The van der Waals surface area contributed by atoms with E-state index in [0.717, 1.165) is 0 Å². The molecule has 0 aromatic rings. The van der Waals surface area contributed by atoms with Crippen LogP contribution in [0, 0.1) is 5.41 Å². The number of ether oxygens (including phenoxy) is 1. The van der Waals surface area contributed by atoms with Crippen LogP contribution in [0.2, 0.25) is 0 Å². The molecule has 0 bridgehead atoms. The van der Waals surface area contributed by atoms with Gasteiger partial charge in [0.25, 0.3) is 0 Å². The van der Waals surface area contributed by atoms with Gasteiger partial charge in [0.15, 0.2) is 0 Å². The Labute approximate surface area is 119 Å². The Hall–Kier alpha value is -1.34. The molecule has 7 nitrogen and oxygen atoms in total. The van der Waals surface area contributed by atoms with Gasteiger partial charge in [-0.2, -0.15) is 0 Å². The topological polar surface area (TPSA) is 90.3 Å². The lowest BCUT2D eigenvalue weighted by atomic mass is 9.82. The number of likely N-dealkylation sites (tertiary alicyclic amines) is 1. The number of carbonyl (C=O) groups is 2. The molecule has 0 saturated carbocycles. The molecule has 0 spiro atoms. The van der Waals surface area contributed by atoms with Crippen molar-refractivity contribution in [2.75, 3.05) is 46.5 Å². The van der Waals surface area contributed by atoms with E-state index in [-0.39, 0.29) is 25.7 Å². The quantitative estimate of drug-likeness (QED) is 0.730. The van der Waals surface area contributed by atoms with Crippen LogP contribution in [-0.2, 0) is 9.53 Å². The molecule has 1 unspecified atom stereocenters. The van der Waals surface area contributed by atoms with Crippen molar-refractivity contribution in [2.45, 2.75) is 19.8 Å². The van der Waals surface area contributed by atoms with E-state index in [1.807, 2.05) is 0 Å². The monoisotopic (exact) mass is 288 g/mol. The Kier molecular flexibility index (Phi) is 6.22.